The average Bonchev–Trinajstić information content (AvgIpc) is 2.32. The predicted octanol–water partition coefficient (Wildman–Crippen LogP) is 4.65. The third kappa shape index (κ3) is 3.16. The number of hydrogen-bond acceptors (Lipinski definition) is 2. The van der Waals surface area contributed by atoms with Gasteiger partial charge in [-0.15, -0.1) is 0 Å². The summed E-state index contributed by atoms with van der Waals surface area (Å²) in [6, 6.07) is 13.9. The summed E-state index contributed by atoms with van der Waals surface area (Å²) in [7, 11) is 0. The normalized spacial score (nSPS) is 10.3. The zero-order valence-corrected chi connectivity index (χ0v) is 13.3. The van der Waals surface area contributed by atoms with Gasteiger partial charge in [0.05, 0.1) is 0 Å². The smallest absolute Gasteiger partial charge is 0.123 e. The number of halogens is 2. The molecule has 0 aliphatic rings. The molecule has 0 atom stereocenters. The monoisotopic (exact) mass is 384 g/mol. The summed E-state index contributed by atoms with van der Waals surface area (Å²) >= 11 is 8.62. The molecule has 0 spiro atoms. The quantitative estimate of drug-likeness (QED) is 0.596. The van der Waals surface area contributed by atoms with E-state index in [0.717, 1.165) is 18.7 Å². The highest BCUT2D eigenvalue weighted by Crippen LogP contribution is 2.34. The van der Waals surface area contributed by atoms with Crippen molar-refractivity contribution >= 4 is 49.5 Å². The first kappa shape index (κ1) is 13.6. The van der Waals surface area contributed by atoms with Crippen molar-refractivity contribution in [3.8, 4) is 0 Å². The van der Waals surface area contributed by atoms with E-state index in [9.17, 15) is 0 Å². The molecule has 2 aromatic rings. The van der Waals surface area contributed by atoms with Crippen molar-refractivity contribution in [1.82, 2.24) is 0 Å². The minimum Gasteiger partial charge on any atom is -0.384 e. The summed E-state index contributed by atoms with van der Waals surface area (Å²) in [5.74, 6) is 0.0688. The van der Waals surface area contributed by atoms with Gasteiger partial charge in [-0.25, -0.2) is 0 Å². The number of hydrogen-bond donors (Lipinski definition) is 2. The highest BCUT2D eigenvalue weighted by atomic mass is 79.9. The maximum absolute atomic E-state index is 7.44. The zero-order valence-electron chi connectivity index (χ0n) is 9.28. The molecule has 18 heavy (non-hydrogen) atoms. The van der Waals surface area contributed by atoms with Crippen molar-refractivity contribution in [2.45, 2.75) is 9.79 Å². The molecular formula is C13H10Br2N2S. The molecule has 2 aromatic carbocycles. The van der Waals surface area contributed by atoms with Gasteiger partial charge in [0.1, 0.15) is 5.84 Å². The van der Waals surface area contributed by atoms with Crippen LogP contribution in [-0.4, -0.2) is 5.84 Å². The van der Waals surface area contributed by atoms with Crippen LogP contribution in [-0.2, 0) is 0 Å². The molecule has 3 N–H and O–H groups in total. The summed E-state index contributed by atoms with van der Waals surface area (Å²) in [5, 5.41) is 7.44. The highest BCUT2D eigenvalue weighted by molar-refractivity contribution is 9.10. The van der Waals surface area contributed by atoms with E-state index in [-0.39, 0.29) is 5.84 Å². The molecule has 5 heteroatoms. The summed E-state index contributed by atoms with van der Waals surface area (Å²) in [4.78, 5) is 2.25. The summed E-state index contributed by atoms with van der Waals surface area (Å²) in [6.07, 6.45) is 0. The van der Waals surface area contributed by atoms with Gasteiger partial charge in [-0.1, -0.05) is 23.9 Å². The van der Waals surface area contributed by atoms with Gasteiger partial charge < -0.3 is 5.73 Å². The zero-order chi connectivity index (χ0) is 13.1. The van der Waals surface area contributed by atoms with Gasteiger partial charge in [-0.05, 0) is 62.2 Å². The van der Waals surface area contributed by atoms with Crippen LogP contribution in [0.5, 0.6) is 0 Å². The van der Waals surface area contributed by atoms with Crippen LogP contribution in [0, 0.1) is 5.41 Å². The van der Waals surface area contributed by atoms with Gasteiger partial charge >= 0.3 is 0 Å². The molecule has 0 saturated heterocycles. The van der Waals surface area contributed by atoms with E-state index in [1.165, 1.54) is 0 Å². The summed E-state index contributed by atoms with van der Waals surface area (Å²) in [5.41, 5.74) is 6.19. The maximum atomic E-state index is 7.44. The number of benzene rings is 2. The van der Waals surface area contributed by atoms with Crippen LogP contribution in [0.1, 0.15) is 5.56 Å². The van der Waals surface area contributed by atoms with Gasteiger partial charge in [-0.2, -0.15) is 0 Å². The van der Waals surface area contributed by atoms with E-state index in [0.29, 0.717) is 5.56 Å². The van der Waals surface area contributed by atoms with Crippen molar-refractivity contribution in [2.75, 3.05) is 0 Å². The van der Waals surface area contributed by atoms with Crippen molar-refractivity contribution in [3.05, 3.63) is 57.0 Å². The van der Waals surface area contributed by atoms with Crippen LogP contribution >= 0.6 is 43.6 Å². The van der Waals surface area contributed by atoms with Gasteiger partial charge in [0.2, 0.25) is 0 Å². The van der Waals surface area contributed by atoms with Crippen LogP contribution in [0.4, 0.5) is 0 Å². The standard InChI is InChI=1S/C13H10Br2N2S/c14-10-3-1-2-4-12(10)18-8-5-6-9(13(16)17)11(15)7-8/h1-7H,(H3,16,17). The van der Waals surface area contributed by atoms with E-state index in [2.05, 4.69) is 37.9 Å². The minimum atomic E-state index is 0.0688. The van der Waals surface area contributed by atoms with Crippen molar-refractivity contribution in [1.29, 1.82) is 5.41 Å². The van der Waals surface area contributed by atoms with E-state index in [1.54, 1.807) is 11.8 Å². The maximum Gasteiger partial charge on any atom is 0.123 e. The van der Waals surface area contributed by atoms with Crippen molar-refractivity contribution in [2.24, 2.45) is 5.73 Å². The minimum absolute atomic E-state index is 0.0688. The van der Waals surface area contributed by atoms with E-state index < -0.39 is 0 Å². The Morgan fingerprint density at radius 1 is 1.06 bits per heavy atom. The molecule has 0 aliphatic heterocycles. The van der Waals surface area contributed by atoms with Crippen LogP contribution in [0.15, 0.2) is 61.2 Å². The first-order chi connectivity index (χ1) is 8.58. The van der Waals surface area contributed by atoms with Crippen LogP contribution in [0.25, 0.3) is 0 Å². The lowest BCUT2D eigenvalue weighted by Crippen LogP contribution is -2.11. The molecule has 0 bridgehead atoms. The van der Waals surface area contributed by atoms with Crippen LogP contribution in [0.2, 0.25) is 0 Å². The fourth-order valence-electron chi connectivity index (χ4n) is 1.43. The average molecular weight is 386 g/mol. The molecule has 2 rings (SSSR count). The molecule has 92 valence electrons. The first-order valence-corrected chi connectivity index (χ1v) is 7.54. The molecule has 0 aliphatic carbocycles. The topological polar surface area (TPSA) is 49.9 Å². The third-order valence-electron chi connectivity index (χ3n) is 2.30. The van der Waals surface area contributed by atoms with Gasteiger partial charge in [0.15, 0.2) is 0 Å². The molecule has 0 saturated carbocycles. The van der Waals surface area contributed by atoms with E-state index in [4.69, 9.17) is 11.1 Å². The Kier molecular flexibility index (Phi) is 4.48. The lowest BCUT2D eigenvalue weighted by atomic mass is 10.2. The highest BCUT2D eigenvalue weighted by Gasteiger charge is 2.06. The van der Waals surface area contributed by atoms with Crippen LogP contribution in [0.3, 0.4) is 0 Å². The molecule has 2 nitrogen and oxygen atoms in total. The summed E-state index contributed by atoms with van der Waals surface area (Å²) in [6.45, 7) is 0. The largest absolute Gasteiger partial charge is 0.384 e. The fourth-order valence-corrected chi connectivity index (χ4v) is 3.58. The Morgan fingerprint density at radius 3 is 2.39 bits per heavy atom. The molecular weight excluding hydrogens is 376 g/mol. The number of rotatable bonds is 3. The van der Waals surface area contributed by atoms with E-state index in [1.807, 2.05) is 36.4 Å². The lowest BCUT2D eigenvalue weighted by molar-refractivity contribution is 1.34. The van der Waals surface area contributed by atoms with Gasteiger partial charge in [0.25, 0.3) is 0 Å². The summed E-state index contributed by atoms with van der Waals surface area (Å²) < 4.78 is 1.91. The number of amidine groups is 1. The number of nitrogens with one attached hydrogen (secondary N) is 1. The number of nitrogens with two attached hydrogens (primary N) is 1. The molecule has 0 fully saturated rings. The Bertz CT molecular complexity index is 599. The fraction of sp³-hybridized carbons (Fsp3) is 0. The van der Waals surface area contributed by atoms with Gasteiger partial charge in [0, 0.05) is 24.3 Å². The molecule has 0 radical (unpaired) electrons. The Balaban J connectivity index is 2.29. The number of nitrogen functional groups attached to an aromatic ring is 1. The third-order valence-corrected chi connectivity index (χ3v) is 4.97. The second-order valence-electron chi connectivity index (χ2n) is 3.59. The van der Waals surface area contributed by atoms with Crippen LogP contribution < -0.4 is 5.73 Å². The Hall–Kier alpha value is -0.780. The lowest BCUT2D eigenvalue weighted by Gasteiger charge is -2.07. The first-order valence-electron chi connectivity index (χ1n) is 5.14. The molecule has 0 heterocycles. The van der Waals surface area contributed by atoms with E-state index >= 15 is 0 Å². The SMILES string of the molecule is N=C(N)c1ccc(Sc2ccccc2Br)cc1Br. The Labute approximate surface area is 127 Å². The van der Waals surface area contributed by atoms with Gasteiger partial charge in [-0.3, -0.25) is 5.41 Å². The second-order valence-corrected chi connectivity index (χ2v) is 6.41. The second kappa shape index (κ2) is 5.91. The Morgan fingerprint density at radius 2 is 1.78 bits per heavy atom. The molecule has 0 unspecified atom stereocenters. The molecule has 0 amide bonds. The van der Waals surface area contributed by atoms with Crippen molar-refractivity contribution in [3.63, 3.8) is 0 Å². The molecule has 0 aromatic heterocycles. The predicted molar refractivity (Wildman–Crippen MR) is 83.4 cm³/mol. The van der Waals surface area contributed by atoms with Crippen molar-refractivity contribution < 1.29 is 0 Å².